The zero-order valence-electron chi connectivity index (χ0n) is 85.5. The van der Waals surface area contributed by atoms with Gasteiger partial charge in [0, 0.05) is 113 Å². The van der Waals surface area contributed by atoms with Crippen LogP contribution in [0.25, 0.3) is 94.0 Å². The summed E-state index contributed by atoms with van der Waals surface area (Å²) in [5, 5.41) is 16.2. The highest BCUT2D eigenvalue weighted by Gasteiger charge is 2.48. The first-order valence-electron chi connectivity index (χ1n) is 50.2. The SMILES string of the molecule is CC(C)(C)c1ccc2c(c1P1Oc3ccccc3-c3ccccc31)Oc1c(ccc(C(C)(C)C)c1P1Oc3ccccc3-c3ccccc31)C2(C)C.COc1cc(-c2cc(OC)cc(C(C)(C)C)c2-p2oc3ccccc3c3ccccc3o2)c(P2Oc3ccccc3-c3ccccc32)c(C(C)(C)C)c1.Clc1ccc(P2Oc3ccccc3-c3ccccc32)c(Cc2cc(Cl)ccc2P2Oc3ccccc3-c3ccccc32)c1. The highest BCUT2D eigenvalue weighted by Crippen LogP contribution is 2.63. The van der Waals surface area contributed by atoms with Crippen molar-refractivity contribution in [3.05, 3.63) is 431 Å². The molecule has 19 aromatic rings. The molecule has 0 spiro atoms. The molecule has 148 heavy (non-hydrogen) atoms. The van der Waals surface area contributed by atoms with Gasteiger partial charge in [0.25, 0.3) is 8.01 Å². The summed E-state index contributed by atoms with van der Waals surface area (Å²) >= 11 is 13.3. The molecular weight excluding hydrogens is 1980 g/mol. The fourth-order valence-corrected chi connectivity index (χ4v) is 34.9. The molecule has 18 heteroatoms. The van der Waals surface area contributed by atoms with Gasteiger partial charge in [0.15, 0.2) is 40.7 Å². The Labute approximate surface area is 884 Å². The van der Waals surface area contributed by atoms with Crippen LogP contribution in [0.1, 0.15) is 141 Å². The number of rotatable bonds is 11. The Hall–Kier alpha value is -13.0. The number of benzene rings is 18. The highest BCUT2D eigenvalue weighted by atomic mass is 35.5. The van der Waals surface area contributed by atoms with Gasteiger partial charge in [-0.2, -0.15) is 0 Å². The average Bonchev–Trinajstić information content (AvgIpc) is 0.732. The van der Waals surface area contributed by atoms with Crippen LogP contribution in [0, 0.1) is 0 Å². The van der Waals surface area contributed by atoms with Crippen LogP contribution >= 0.6 is 72.0 Å². The van der Waals surface area contributed by atoms with E-state index in [9.17, 15) is 0 Å². The van der Waals surface area contributed by atoms with Crippen molar-refractivity contribution in [3.8, 4) is 124 Å². The molecule has 7 heterocycles. The second-order valence-corrected chi connectivity index (χ2v) is 53.5. The predicted octanol–water partition coefficient (Wildman–Crippen LogP) is 33.9. The van der Waals surface area contributed by atoms with Crippen LogP contribution in [0.5, 0.6) is 51.7 Å². The summed E-state index contributed by atoms with van der Waals surface area (Å²) in [4.78, 5) is 0. The lowest BCUT2D eigenvalue weighted by Crippen LogP contribution is -2.37. The topological polar surface area (TPSA) is 100 Å². The maximum Gasteiger partial charge on any atom is 0.253 e. The molecule has 5 atom stereocenters. The van der Waals surface area contributed by atoms with Crippen molar-refractivity contribution >= 4 is 147 Å². The van der Waals surface area contributed by atoms with E-state index in [4.69, 9.17) is 68.4 Å². The summed E-state index contributed by atoms with van der Waals surface area (Å²) in [6.07, 6.45) is 0.643. The van der Waals surface area contributed by atoms with Gasteiger partial charge in [-0.1, -0.05) is 393 Å². The van der Waals surface area contributed by atoms with E-state index >= 15 is 0 Å². The van der Waals surface area contributed by atoms with E-state index in [1.54, 1.807) is 14.2 Å². The molecule has 0 bridgehead atoms. The lowest BCUT2D eigenvalue weighted by Gasteiger charge is -2.42. The molecule has 10 nitrogen and oxygen atoms in total. The van der Waals surface area contributed by atoms with Crippen molar-refractivity contribution in [3.63, 3.8) is 0 Å². The predicted molar refractivity (Wildman–Crippen MR) is 625 cm³/mol. The van der Waals surface area contributed by atoms with Crippen molar-refractivity contribution in [2.75, 3.05) is 14.2 Å². The molecule has 25 rings (SSSR count). The maximum atomic E-state index is 7.63. The second kappa shape index (κ2) is 39.2. The molecule has 0 radical (unpaired) electrons. The smallest absolute Gasteiger partial charge is 0.253 e. The first-order valence-corrected chi connectivity index (χ1v) is 58.4. The van der Waals surface area contributed by atoms with Crippen LogP contribution in [-0.4, -0.2) is 14.2 Å². The zero-order chi connectivity index (χ0) is 102. The first kappa shape index (κ1) is 98.3. The van der Waals surface area contributed by atoms with Crippen LogP contribution < -0.4 is 89.9 Å². The molecule has 6 aliphatic heterocycles. The monoisotopic (exact) mass is 2090 g/mol. The third-order valence-electron chi connectivity index (χ3n) is 28.5. The minimum atomic E-state index is -1.72. The Morgan fingerprint density at radius 2 is 0.534 bits per heavy atom. The number of ether oxygens (including phenoxy) is 3. The van der Waals surface area contributed by atoms with Gasteiger partial charge in [0.05, 0.1) is 30.1 Å². The van der Waals surface area contributed by atoms with E-state index in [0.29, 0.717) is 16.5 Å². The molecule has 5 unspecified atom stereocenters. The van der Waals surface area contributed by atoms with Crippen molar-refractivity contribution < 1.29 is 45.2 Å². The van der Waals surface area contributed by atoms with Crippen LogP contribution in [0.15, 0.2) is 385 Å². The molecule has 18 aromatic carbocycles. The normalized spacial score (nSPS) is 16.0. The molecule has 0 fully saturated rings. The second-order valence-electron chi connectivity index (χ2n) is 42.7. The van der Waals surface area contributed by atoms with Gasteiger partial charge in [-0.05, 0) is 198 Å². The van der Waals surface area contributed by atoms with E-state index in [0.717, 1.165) is 167 Å². The summed E-state index contributed by atoms with van der Waals surface area (Å²) in [5.74, 6) is 7.93. The van der Waals surface area contributed by atoms with Crippen molar-refractivity contribution in [1.29, 1.82) is 0 Å². The van der Waals surface area contributed by atoms with Gasteiger partial charge in [0.2, 0.25) is 0 Å². The van der Waals surface area contributed by atoms with Crippen molar-refractivity contribution in [1.82, 2.24) is 0 Å². The zero-order valence-corrected chi connectivity index (χ0v) is 92.4. The van der Waals surface area contributed by atoms with Gasteiger partial charge in [-0.3, -0.25) is 0 Å². The van der Waals surface area contributed by atoms with Crippen molar-refractivity contribution in [2.45, 2.75) is 130 Å². The Kier molecular flexibility index (Phi) is 26.0. The van der Waals surface area contributed by atoms with Crippen LogP contribution in [0.4, 0.5) is 0 Å². The van der Waals surface area contributed by atoms with E-state index in [-0.39, 0.29) is 27.1 Å². The maximum absolute atomic E-state index is 7.63. The number of hydrogen-bond acceptors (Lipinski definition) is 10. The molecule has 1 aromatic heterocycles. The standard InChI is InChI=1S/C47H44O3P2.C46H44O5P2.C37H24Cl2O2P2/c1-45(2,3)35-27-25-33-41(43(35)51-39-23-15-11-19-31(39)29-17-9-13-21-37(29)49-51)48-42-34(47(33,7)8)26-28-36(46(4,5)6)44(42)52-40-24-16-12-20-32(40)30-18-10-14-22-38(30)50-52;1-45(2,3)37-27-29(47-7)25-35(43(37)52-42-24-16-12-20-34(42)33-19-11-13-21-39(33)49-52)36-26-30(48-8)28-38(46(4,5)6)44(36)53-50-40-22-14-9-17-31(40)32-18-10-15-23-41(32)51-53;38-26-17-19-34(42-36-15-7-3-11-30(36)28-9-1-5-13-32(28)40-42)24(22-26)21-25-23-27(39)18-20-35(25)43-37-16-8-4-12-31(37)29-10-2-6-14-33(29)41-43/h9-28H,1-8H3;9-28H,1-8H3;1-20,22-23H,21H2. The number of fused-ring (bicyclic) bond motifs is 20. The van der Waals surface area contributed by atoms with Crippen LogP contribution in [0.3, 0.4) is 0 Å². The van der Waals surface area contributed by atoms with E-state index < -0.39 is 48.8 Å². The molecule has 736 valence electrons. The lowest BCUT2D eigenvalue weighted by atomic mass is 9.73. The molecular formula is C130H112Cl2O10P6. The van der Waals surface area contributed by atoms with Crippen molar-refractivity contribution in [2.24, 2.45) is 0 Å². The quantitative estimate of drug-likeness (QED) is 0.116. The van der Waals surface area contributed by atoms with Gasteiger partial charge in [-0.15, -0.1) is 0 Å². The minimum Gasteiger partial charge on any atom is -0.497 e. The molecule has 0 saturated carbocycles. The third kappa shape index (κ3) is 18.0. The van der Waals surface area contributed by atoms with Gasteiger partial charge in [0.1, 0.15) is 62.9 Å². The van der Waals surface area contributed by atoms with Gasteiger partial charge < -0.3 is 45.2 Å². The first-order chi connectivity index (χ1) is 71.4. The Morgan fingerprint density at radius 1 is 0.257 bits per heavy atom. The number of halogens is 2. The fourth-order valence-electron chi connectivity index (χ4n) is 21.3. The van der Waals surface area contributed by atoms with E-state index in [1.807, 2.05) is 60.7 Å². The Bertz CT molecular complexity index is 8190. The highest BCUT2D eigenvalue weighted by molar-refractivity contribution is 7.71. The molecule has 0 N–H and O–H groups in total. The summed E-state index contributed by atoms with van der Waals surface area (Å²) in [6, 6.07) is 132. The summed E-state index contributed by atoms with van der Waals surface area (Å²) in [6.45, 7) is 32.0. The average molecular weight is 2090 g/mol. The van der Waals surface area contributed by atoms with Crippen LogP contribution in [0.2, 0.25) is 10.0 Å². The largest absolute Gasteiger partial charge is 0.497 e. The summed E-state index contributed by atoms with van der Waals surface area (Å²) < 4.78 is 69.2. The number of hydrogen-bond donors (Lipinski definition) is 0. The number of methoxy groups -OCH3 is 2. The minimum absolute atomic E-state index is 0.162. The molecule has 6 aliphatic rings. The Morgan fingerprint density at radius 3 is 0.865 bits per heavy atom. The van der Waals surface area contributed by atoms with Gasteiger partial charge in [-0.25, -0.2) is 0 Å². The molecule has 0 aliphatic carbocycles. The fraction of sp³-hybridized carbons (Fsp3) is 0.169. The summed E-state index contributed by atoms with van der Waals surface area (Å²) in [7, 11) is -4.42. The summed E-state index contributed by atoms with van der Waals surface area (Å²) in [5.41, 5.74) is 23.4. The lowest BCUT2D eigenvalue weighted by molar-refractivity contribution is 0.412. The Balaban J connectivity index is 0.000000123. The van der Waals surface area contributed by atoms with Crippen LogP contribution in [-0.2, 0) is 33.5 Å². The van der Waals surface area contributed by atoms with E-state index in [2.05, 4.69) is 412 Å². The number of para-hydroxylation sites is 7. The molecule has 0 saturated heterocycles. The van der Waals surface area contributed by atoms with Gasteiger partial charge >= 0.3 is 0 Å². The molecule has 0 amide bonds. The van der Waals surface area contributed by atoms with E-state index in [1.165, 1.54) is 76.6 Å². The third-order valence-corrected chi connectivity index (χ3v) is 41.0.